The Labute approximate surface area is 119 Å². The van der Waals surface area contributed by atoms with Crippen molar-refractivity contribution in [3.63, 3.8) is 0 Å². The lowest BCUT2D eigenvalue weighted by Gasteiger charge is -2.01. The molecule has 21 heavy (non-hydrogen) atoms. The maximum Gasteiger partial charge on any atom is 0.294 e. The molecule has 0 saturated carbocycles. The van der Waals surface area contributed by atoms with Gasteiger partial charge in [-0.3, -0.25) is 25.7 Å². The first kappa shape index (κ1) is 14.1. The van der Waals surface area contributed by atoms with Crippen LogP contribution in [0.25, 0.3) is 0 Å². The Morgan fingerprint density at radius 2 is 1.48 bits per heavy atom. The second-order valence-corrected chi connectivity index (χ2v) is 3.96. The predicted molar refractivity (Wildman–Crippen MR) is 77.4 cm³/mol. The van der Waals surface area contributed by atoms with Crippen LogP contribution in [0.3, 0.4) is 0 Å². The Hall–Kier alpha value is -3.29. The average molecular weight is 286 g/mol. The Balaban J connectivity index is 2.21. The number of anilines is 1. The van der Waals surface area contributed by atoms with Gasteiger partial charge in [0, 0.05) is 12.1 Å². The van der Waals surface area contributed by atoms with Crippen molar-refractivity contribution >= 4 is 23.3 Å². The Morgan fingerprint density at radius 1 is 0.905 bits per heavy atom. The zero-order valence-electron chi connectivity index (χ0n) is 10.7. The zero-order chi connectivity index (χ0) is 15.2. The van der Waals surface area contributed by atoms with Crippen LogP contribution < -0.4 is 5.43 Å². The Kier molecular flexibility index (Phi) is 4.20. The van der Waals surface area contributed by atoms with Crippen LogP contribution in [0.5, 0.6) is 0 Å². The summed E-state index contributed by atoms with van der Waals surface area (Å²) in [6, 6.07) is 12.1. The van der Waals surface area contributed by atoms with Crippen molar-refractivity contribution < 1.29 is 9.85 Å². The molecule has 0 heterocycles. The molecule has 2 aromatic carbocycles. The second kappa shape index (κ2) is 6.24. The molecule has 0 bridgehead atoms. The van der Waals surface area contributed by atoms with E-state index in [0.717, 1.165) is 0 Å². The molecule has 1 N–H and O–H groups in total. The molecule has 0 amide bonds. The number of benzene rings is 2. The summed E-state index contributed by atoms with van der Waals surface area (Å²) in [5.74, 6) is 0. The third-order valence-electron chi connectivity index (χ3n) is 2.62. The van der Waals surface area contributed by atoms with Crippen LogP contribution in [0.4, 0.5) is 17.1 Å². The van der Waals surface area contributed by atoms with Crippen molar-refractivity contribution in [1.82, 2.24) is 0 Å². The van der Waals surface area contributed by atoms with E-state index in [1.165, 1.54) is 36.5 Å². The van der Waals surface area contributed by atoms with Gasteiger partial charge in [0.05, 0.1) is 21.6 Å². The first-order chi connectivity index (χ1) is 10.1. The van der Waals surface area contributed by atoms with Crippen molar-refractivity contribution in [2.75, 3.05) is 5.43 Å². The molecular formula is C13H10N4O4. The number of nitro benzene ring substituents is 2. The van der Waals surface area contributed by atoms with Gasteiger partial charge in [0.2, 0.25) is 0 Å². The summed E-state index contributed by atoms with van der Waals surface area (Å²) in [5.41, 5.74) is 2.80. The molecule has 0 aromatic heterocycles. The largest absolute Gasteiger partial charge is 0.294 e. The van der Waals surface area contributed by atoms with Crippen LogP contribution in [-0.2, 0) is 0 Å². The molecule has 0 fully saturated rings. The van der Waals surface area contributed by atoms with Gasteiger partial charge in [0.15, 0.2) is 0 Å². The number of nitrogens with one attached hydrogen (secondary N) is 1. The fraction of sp³-hybridized carbons (Fsp3) is 0. The van der Waals surface area contributed by atoms with E-state index in [0.29, 0.717) is 5.56 Å². The minimum absolute atomic E-state index is 0.0920. The summed E-state index contributed by atoms with van der Waals surface area (Å²) in [6.07, 6.45) is 1.24. The monoisotopic (exact) mass is 286 g/mol. The summed E-state index contributed by atoms with van der Waals surface area (Å²) >= 11 is 0. The molecule has 8 nitrogen and oxygen atoms in total. The van der Waals surface area contributed by atoms with E-state index in [4.69, 9.17) is 0 Å². The second-order valence-electron chi connectivity index (χ2n) is 3.96. The van der Waals surface area contributed by atoms with E-state index in [1.54, 1.807) is 18.2 Å². The molecule has 8 heteroatoms. The molecule has 0 atom stereocenters. The summed E-state index contributed by atoms with van der Waals surface area (Å²) in [6.45, 7) is 0. The molecular weight excluding hydrogens is 276 g/mol. The Morgan fingerprint density at radius 3 is 2.14 bits per heavy atom. The number of hydrogen-bond acceptors (Lipinski definition) is 6. The molecule has 0 aliphatic rings. The first-order valence-corrected chi connectivity index (χ1v) is 5.85. The van der Waals surface area contributed by atoms with Crippen LogP contribution >= 0.6 is 0 Å². The summed E-state index contributed by atoms with van der Waals surface area (Å²) in [4.78, 5) is 20.6. The standard InChI is InChI=1S/C13H10N4O4/c18-16(19)12-7-3-1-5-10(12)9-14-15-11-6-2-4-8-13(11)17(20)21/h1-9,15H/b14-9+. The van der Waals surface area contributed by atoms with Gasteiger partial charge in [-0.1, -0.05) is 24.3 Å². The third kappa shape index (κ3) is 3.38. The molecule has 0 saturated heterocycles. The fourth-order valence-electron chi connectivity index (χ4n) is 1.66. The normalized spacial score (nSPS) is 10.5. The number of rotatable bonds is 5. The molecule has 0 unspecified atom stereocenters. The summed E-state index contributed by atoms with van der Waals surface area (Å²) < 4.78 is 0. The van der Waals surface area contributed by atoms with Gasteiger partial charge in [-0.2, -0.15) is 5.10 Å². The van der Waals surface area contributed by atoms with Crippen LogP contribution in [-0.4, -0.2) is 16.1 Å². The SMILES string of the molecule is O=[N+]([O-])c1ccccc1/C=N/Nc1ccccc1[N+](=O)[O-]. The topological polar surface area (TPSA) is 111 Å². The maximum atomic E-state index is 10.8. The summed E-state index contributed by atoms with van der Waals surface area (Å²) in [7, 11) is 0. The molecule has 0 aliphatic carbocycles. The van der Waals surface area contributed by atoms with E-state index in [-0.39, 0.29) is 17.1 Å². The van der Waals surface area contributed by atoms with Gasteiger partial charge in [-0.25, -0.2) is 0 Å². The number of hydrazone groups is 1. The highest BCUT2D eigenvalue weighted by Crippen LogP contribution is 2.23. The van der Waals surface area contributed by atoms with Gasteiger partial charge < -0.3 is 0 Å². The van der Waals surface area contributed by atoms with Crippen LogP contribution in [0.2, 0.25) is 0 Å². The molecule has 2 rings (SSSR count). The van der Waals surface area contributed by atoms with Crippen LogP contribution in [0.1, 0.15) is 5.56 Å². The minimum Gasteiger partial charge on any atom is -0.272 e. The number of nitrogens with zero attached hydrogens (tertiary/aromatic N) is 3. The third-order valence-corrected chi connectivity index (χ3v) is 2.62. The highest BCUT2D eigenvalue weighted by Gasteiger charge is 2.12. The van der Waals surface area contributed by atoms with Crippen LogP contribution in [0, 0.1) is 20.2 Å². The predicted octanol–water partition coefficient (Wildman–Crippen LogP) is 2.95. The quantitative estimate of drug-likeness (QED) is 0.516. The van der Waals surface area contributed by atoms with E-state index in [9.17, 15) is 20.2 Å². The van der Waals surface area contributed by atoms with Gasteiger partial charge in [-0.15, -0.1) is 0 Å². The van der Waals surface area contributed by atoms with Gasteiger partial charge in [-0.05, 0) is 12.1 Å². The first-order valence-electron chi connectivity index (χ1n) is 5.85. The van der Waals surface area contributed by atoms with Crippen molar-refractivity contribution in [3.05, 3.63) is 74.3 Å². The highest BCUT2D eigenvalue weighted by atomic mass is 16.6. The molecule has 106 valence electrons. The lowest BCUT2D eigenvalue weighted by atomic mass is 10.2. The fourth-order valence-corrected chi connectivity index (χ4v) is 1.66. The smallest absolute Gasteiger partial charge is 0.272 e. The van der Waals surface area contributed by atoms with Gasteiger partial charge in [0.25, 0.3) is 11.4 Å². The van der Waals surface area contributed by atoms with E-state index >= 15 is 0 Å². The minimum atomic E-state index is -0.539. The van der Waals surface area contributed by atoms with E-state index < -0.39 is 9.85 Å². The van der Waals surface area contributed by atoms with Crippen LogP contribution in [0.15, 0.2) is 53.6 Å². The Bertz CT molecular complexity index is 715. The van der Waals surface area contributed by atoms with E-state index in [1.807, 2.05) is 0 Å². The molecule has 0 spiro atoms. The van der Waals surface area contributed by atoms with Crippen molar-refractivity contribution in [2.24, 2.45) is 5.10 Å². The molecule has 2 aromatic rings. The van der Waals surface area contributed by atoms with Crippen molar-refractivity contribution in [3.8, 4) is 0 Å². The molecule has 0 radical (unpaired) electrons. The maximum absolute atomic E-state index is 10.8. The number of nitro groups is 2. The lowest BCUT2D eigenvalue weighted by molar-refractivity contribution is -0.385. The average Bonchev–Trinajstić information content (AvgIpc) is 2.48. The zero-order valence-corrected chi connectivity index (χ0v) is 10.7. The summed E-state index contributed by atoms with van der Waals surface area (Å²) in [5, 5.41) is 25.5. The van der Waals surface area contributed by atoms with Crippen molar-refractivity contribution in [1.29, 1.82) is 0 Å². The lowest BCUT2D eigenvalue weighted by Crippen LogP contribution is -1.98. The van der Waals surface area contributed by atoms with Crippen molar-refractivity contribution in [2.45, 2.75) is 0 Å². The van der Waals surface area contributed by atoms with E-state index in [2.05, 4.69) is 10.5 Å². The number of hydrogen-bond donors (Lipinski definition) is 1. The van der Waals surface area contributed by atoms with Gasteiger partial charge >= 0.3 is 0 Å². The van der Waals surface area contributed by atoms with Gasteiger partial charge in [0.1, 0.15) is 5.69 Å². The highest BCUT2D eigenvalue weighted by molar-refractivity contribution is 5.85. The molecule has 0 aliphatic heterocycles. The number of para-hydroxylation sites is 3.